The summed E-state index contributed by atoms with van der Waals surface area (Å²) in [5, 5.41) is 11.6. The smallest absolute Gasteiger partial charge is 0.320 e. The molecule has 1 heterocycles. The number of halogens is 1. The number of rotatable bonds is 4. The van der Waals surface area contributed by atoms with Crippen LogP contribution in [0.2, 0.25) is 0 Å². The van der Waals surface area contributed by atoms with Gasteiger partial charge in [0.15, 0.2) is 0 Å². The van der Waals surface area contributed by atoms with E-state index in [1.807, 2.05) is 20.8 Å². The Kier molecular flexibility index (Phi) is 5.92. The number of esters is 1. The van der Waals surface area contributed by atoms with Gasteiger partial charge >= 0.3 is 11.9 Å². The first-order valence-electron chi connectivity index (χ1n) is 5.54. The van der Waals surface area contributed by atoms with Gasteiger partial charge in [-0.3, -0.25) is 9.59 Å². The molecular weight excluding hydrogens is 246 g/mol. The van der Waals surface area contributed by atoms with Crippen LogP contribution in [0.5, 0.6) is 0 Å². The lowest BCUT2D eigenvalue weighted by Crippen LogP contribution is -2.31. The molecule has 2 N–H and O–H groups in total. The number of nitrogens with one attached hydrogen (secondary N) is 1. The predicted octanol–water partition coefficient (Wildman–Crippen LogP) is 1.20. The molecule has 6 heteroatoms. The van der Waals surface area contributed by atoms with Gasteiger partial charge in [-0.05, 0) is 20.3 Å². The number of carboxylic acid groups (broad SMARTS) is 1. The Morgan fingerprint density at radius 2 is 2.06 bits per heavy atom. The van der Waals surface area contributed by atoms with Gasteiger partial charge in [0.05, 0.1) is 5.41 Å². The van der Waals surface area contributed by atoms with Crippen molar-refractivity contribution >= 4 is 24.3 Å². The fourth-order valence-electron chi connectivity index (χ4n) is 1.44. The summed E-state index contributed by atoms with van der Waals surface area (Å²) in [6.07, 6.45) is 0.731. The second kappa shape index (κ2) is 6.21. The molecule has 0 unspecified atom stereocenters. The van der Waals surface area contributed by atoms with Crippen LogP contribution in [0.25, 0.3) is 0 Å². The molecule has 1 aliphatic rings. The molecular formula is C11H20ClNO4. The number of carbonyl (C=O) groups is 2. The Morgan fingerprint density at radius 1 is 1.47 bits per heavy atom. The van der Waals surface area contributed by atoms with Crippen LogP contribution in [-0.2, 0) is 14.3 Å². The quantitative estimate of drug-likeness (QED) is 0.747. The van der Waals surface area contributed by atoms with Crippen LogP contribution >= 0.6 is 12.4 Å². The molecule has 0 aromatic rings. The van der Waals surface area contributed by atoms with Gasteiger partial charge < -0.3 is 15.2 Å². The number of aliphatic carboxylic acids is 1. The molecule has 0 amide bonds. The van der Waals surface area contributed by atoms with E-state index in [-0.39, 0.29) is 24.5 Å². The summed E-state index contributed by atoms with van der Waals surface area (Å²) < 4.78 is 5.28. The van der Waals surface area contributed by atoms with Gasteiger partial charge in [-0.15, -0.1) is 12.4 Å². The summed E-state index contributed by atoms with van der Waals surface area (Å²) >= 11 is 0. The van der Waals surface area contributed by atoms with E-state index in [9.17, 15) is 9.59 Å². The third-order valence-corrected chi connectivity index (χ3v) is 3.10. The van der Waals surface area contributed by atoms with E-state index in [1.165, 1.54) is 0 Å². The van der Waals surface area contributed by atoms with Crippen molar-refractivity contribution in [3.8, 4) is 0 Å². The lowest BCUT2D eigenvalue weighted by molar-refractivity contribution is -0.159. The molecule has 0 spiro atoms. The highest BCUT2D eigenvalue weighted by Gasteiger charge is 2.35. The number of hydrogen-bond acceptors (Lipinski definition) is 4. The average Bonchev–Trinajstić information content (AvgIpc) is 2.66. The van der Waals surface area contributed by atoms with Gasteiger partial charge in [0.25, 0.3) is 0 Å². The van der Waals surface area contributed by atoms with E-state index in [4.69, 9.17) is 9.84 Å². The maximum Gasteiger partial charge on any atom is 0.320 e. The second-order valence-electron chi connectivity index (χ2n) is 4.80. The number of carbonyl (C=O) groups excluding carboxylic acids is 1. The zero-order valence-corrected chi connectivity index (χ0v) is 11.2. The van der Waals surface area contributed by atoms with Crippen molar-refractivity contribution in [1.29, 1.82) is 0 Å². The van der Waals surface area contributed by atoms with Gasteiger partial charge in [-0.25, -0.2) is 0 Å². The van der Waals surface area contributed by atoms with Gasteiger partial charge in [-0.1, -0.05) is 6.92 Å². The van der Waals surface area contributed by atoms with Gasteiger partial charge in [0.2, 0.25) is 0 Å². The monoisotopic (exact) mass is 265 g/mol. The van der Waals surface area contributed by atoms with E-state index in [0.717, 1.165) is 0 Å². The van der Waals surface area contributed by atoms with Crippen molar-refractivity contribution in [2.24, 2.45) is 5.41 Å². The van der Waals surface area contributed by atoms with E-state index in [1.54, 1.807) is 0 Å². The van der Waals surface area contributed by atoms with Crippen LogP contribution in [0.3, 0.4) is 0 Å². The average molecular weight is 266 g/mol. The topological polar surface area (TPSA) is 75.6 Å². The highest BCUT2D eigenvalue weighted by Crippen LogP contribution is 2.23. The molecule has 1 saturated heterocycles. The maximum atomic E-state index is 11.7. The van der Waals surface area contributed by atoms with Crippen molar-refractivity contribution in [2.75, 3.05) is 6.54 Å². The van der Waals surface area contributed by atoms with Gasteiger partial charge in [-0.2, -0.15) is 0 Å². The fraction of sp³-hybridized carbons (Fsp3) is 0.818. The van der Waals surface area contributed by atoms with Crippen molar-refractivity contribution in [1.82, 2.24) is 5.32 Å². The molecule has 1 aliphatic heterocycles. The number of ether oxygens (including phenoxy) is 1. The predicted molar refractivity (Wildman–Crippen MR) is 65.2 cm³/mol. The molecule has 1 fully saturated rings. The minimum atomic E-state index is -0.895. The van der Waals surface area contributed by atoms with Crippen LogP contribution in [-0.4, -0.2) is 35.7 Å². The SMILES string of the molecule is CCC(C)(C)C(=O)O[C@H]1CN[C@H](C(=O)O)C1.Cl. The molecule has 0 aliphatic carbocycles. The lowest BCUT2D eigenvalue weighted by atomic mass is 9.90. The molecule has 0 aromatic carbocycles. The molecule has 1 rings (SSSR count). The zero-order valence-electron chi connectivity index (χ0n) is 10.4. The van der Waals surface area contributed by atoms with Crippen molar-refractivity contribution in [2.45, 2.75) is 45.8 Å². The Hall–Kier alpha value is -0.810. The Morgan fingerprint density at radius 3 is 2.47 bits per heavy atom. The van der Waals surface area contributed by atoms with Gasteiger partial charge in [0.1, 0.15) is 12.1 Å². The molecule has 17 heavy (non-hydrogen) atoms. The largest absolute Gasteiger partial charge is 0.480 e. The zero-order chi connectivity index (χ0) is 12.3. The van der Waals surface area contributed by atoms with E-state index in [2.05, 4.69) is 5.32 Å². The molecule has 0 saturated carbocycles. The van der Waals surface area contributed by atoms with Crippen LogP contribution in [0.1, 0.15) is 33.6 Å². The number of carboxylic acids is 1. The van der Waals surface area contributed by atoms with Crippen LogP contribution in [0.15, 0.2) is 0 Å². The van der Waals surface area contributed by atoms with Crippen LogP contribution < -0.4 is 5.32 Å². The first kappa shape index (κ1) is 16.2. The Bertz CT molecular complexity index is 293. The Balaban J connectivity index is 0.00000256. The van der Waals surface area contributed by atoms with Crippen molar-refractivity contribution in [3.63, 3.8) is 0 Å². The summed E-state index contributed by atoms with van der Waals surface area (Å²) in [7, 11) is 0. The first-order valence-corrected chi connectivity index (χ1v) is 5.54. The summed E-state index contributed by atoms with van der Waals surface area (Å²) in [5.74, 6) is -1.15. The normalized spacial score (nSPS) is 23.9. The lowest BCUT2D eigenvalue weighted by Gasteiger charge is -2.22. The van der Waals surface area contributed by atoms with Crippen LogP contribution in [0.4, 0.5) is 0 Å². The molecule has 5 nitrogen and oxygen atoms in total. The minimum Gasteiger partial charge on any atom is -0.480 e. The molecule has 0 bridgehead atoms. The molecule has 0 radical (unpaired) electrons. The Labute approximate surface area is 107 Å². The molecule has 2 atom stereocenters. The fourth-order valence-corrected chi connectivity index (χ4v) is 1.44. The third kappa shape index (κ3) is 4.16. The van der Waals surface area contributed by atoms with Crippen LogP contribution in [0, 0.1) is 5.41 Å². The van der Waals surface area contributed by atoms with E-state index in [0.29, 0.717) is 19.4 Å². The summed E-state index contributed by atoms with van der Waals surface area (Å²) in [6, 6.07) is -0.595. The molecule has 100 valence electrons. The number of hydrogen-bond donors (Lipinski definition) is 2. The van der Waals surface area contributed by atoms with E-state index < -0.39 is 17.4 Å². The molecule has 0 aromatic heterocycles. The third-order valence-electron chi connectivity index (χ3n) is 3.10. The maximum absolute atomic E-state index is 11.7. The summed E-state index contributed by atoms with van der Waals surface area (Å²) in [4.78, 5) is 22.4. The second-order valence-corrected chi connectivity index (χ2v) is 4.80. The highest BCUT2D eigenvalue weighted by atomic mass is 35.5. The summed E-state index contributed by atoms with van der Waals surface area (Å²) in [5.41, 5.74) is -0.499. The first-order chi connectivity index (χ1) is 7.36. The summed E-state index contributed by atoms with van der Waals surface area (Å²) in [6.45, 7) is 6.00. The van der Waals surface area contributed by atoms with E-state index >= 15 is 0 Å². The van der Waals surface area contributed by atoms with Crippen molar-refractivity contribution in [3.05, 3.63) is 0 Å². The van der Waals surface area contributed by atoms with Gasteiger partial charge in [0, 0.05) is 13.0 Å². The van der Waals surface area contributed by atoms with Crippen molar-refractivity contribution < 1.29 is 19.4 Å². The minimum absolute atomic E-state index is 0. The highest BCUT2D eigenvalue weighted by molar-refractivity contribution is 5.85. The standard InChI is InChI=1S/C11H19NO4.ClH/c1-4-11(2,3)10(15)16-7-5-8(9(13)14)12-6-7;/h7-8,12H,4-6H2,1-3H3,(H,13,14);1H/t7-,8+;/m1./s1.